The van der Waals surface area contributed by atoms with Crippen LogP contribution in [0.1, 0.15) is 23.1 Å². The van der Waals surface area contributed by atoms with Crippen LogP contribution < -0.4 is 0 Å². The van der Waals surface area contributed by atoms with Gasteiger partial charge in [0.2, 0.25) is 0 Å². The first-order valence-electron chi connectivity index (χ1n) is 6.44. The maximum atomic E-state index is 12.1. The third-order valence-electron chi connectivity index (χ3n) is 3.41. The number of hydrogen-bond donors (Lipinski definition) is 0. The highest BCUT2D eigenvalue weighted by Gasteiger charge is 2.20. The Bertz CT molecular complexity index is 856. The highest BCUT2D eigenvalue weighted by atomic mass is 127. The number of Topliss-reactive ketones (excluding diaryl/α,β-unsaturated/α-hetero) is 1. The molecule has 0 radical (unpaired) electrons. The number of fused-ring (bicyclic) bond motifs is 1. The van der Waals surface area contributed by atoms with Gasteiger partial charge in [-0.05, 0) is 48.1 Å². The summed E-state index contributed by atoms with van der Waals surface area (Å²) in [6, 6.07) is 11.6. The molecule has 5 heteroatoms. The van der Waals surface area contributed by atoms with Crippen molar-refractivity contribution < 1.29 is 4.79 Å². The van der Waals surface area contributed by atoms with Crippen LogP contribution in [-0.4, -0.2) is 15.2 Å². The van der Waals surface area contributed by atoms with Crippen molar-refractivity contribution in [2.45, 2.75) is 13.8 Å². The molecule has 0 N–H and O–H groups in total. The predicted molar refractivity (Wildman–Crippen MR) is 93.1 cm³/mol. The summed E-state index contributed by atoms with van der Waals surface area (Å²) in [6.45, 7) is 3.48. The Morgan fingerprint density at radius 2 is 1.95 bits per heavy atom. The van der Waals surface area contributed by atoms with Gasteiger partial charge in [0.15, 0.2) is 5.78 Å². The lowest BCUT2D eigenvalue weighted by Crippen LogP contribution is -2.04. The van der Waals surface area contributed by atoms with Gasteiger partial charge in [0.1, 0.15) is 9.53 Å². The van der Waals surface area contributed by atoms with Crippen LogP contribution in [0, 0.1) is 10.6 Å². The van der Waals surface area contributed by atoms with Crippen molar-refractivity contribution in [2.24, 2.45) is 0 Å². The van der Waals surface area contributed by atoms with Crippen molar-refractivity contribution >= 4 is 45.5 Å². The van der Waals surface area contributed by atoms with Crippen LogP contribution in [0.2, 0.25) is 5.02 Å². The van der Waals surface area contributed by atoms with Crippen LogP contribution in [0.25, 0.3) is 16.8 Å². The predicted octanol–water partition coefficient (Wildman–Crippen LogP) is 4.77. The van der Waals surface area contributed by atoms with E-state index in [1.54, 1.807) is 13.0 Å². The molecule has 3 rings (SSSR count). The lowest BCUT2D eigenvalue weighted by Gasteiger charge is -2.13. The van der Waals surface area contributed by atoms with Gasteiger partial charge in [-0.1, -0.05) is 41.9 Å². The number of pyridine rings is 1. The van der Waals surface area contributed by atoms with E-state index in [-0.39, 0.29) is 5.78 Å². The molecule has 0 saturated heterocycles. The fourth-order valence-electron chi connectivity index (χ4n) is 2.51. The second-order valence-electron chi connectivity index (χ2n) is 4.81. The van der Waals surface area contributed by atoms with Gasteiger partial charge < -0.3 is 0 Å². The average molecular weight is 411 g/mol. The molecule has 3 aromatic rings. The maximum Gasteiger partial charge on any atom is 0.161 e. The fourth-order valence-corrected chi connectivity index (χ4v) is 3.83. The van der Waals surface area contributed by atoms with Gasteiger partial charge in [0.25, 0.3) is 0 Å². The first-order chi connectivity index (χ1) is 10.0. The molecule has 106 valence electrons. The zero-order valence-electron chi connectivity index (χ0n) is 11.5. The topological polar surface area (TPSA) is 34.4 Å². The largest absolute Gasteiger partial charge is 0.294 e. The number of ketones is 1. The smallest absolute Gasteiger partial charge is 0.161 e. The van der Waals surface area contributed by atoms with E-state index in [4.69, 9.17) is 11.6 Å². The molecule has 21 heavy (non-hydrogen) atoms. The van der Waals surface area contributed by atoms with Gasteiger partial charge in [0.05, 0.1) is 16.2 Å². The summed E-state index contributed by atoms with van der Waals surface area (Å²) < 4.78 is 2.80. The summed E-state index contributed by atoms with van der Waals surface area (Å²) in [4.78, 5) is 16.6. The molecule has 0 aliphatic carbocycles. The number of carbonyl (C=O) groups excluding carboxylic acids is 1. The van der Waals surface area contributed by atoms with Gasteiger partial charge in [0, 0.05) is 5.56 Å². The Morgan fingerprint density at radius 3 is 2.57 bits per heavy atom. The molecule has 0 unspecified atom stereocenters. The van der Waals surface area contributed by atoms with Crippen molar-refractivity contribution in [3.63, 3.8) is 0 Å². The lowest BCUT2D eigenvalue weighted by atomic mass is 10.0. The summed E-state index contributed by atoms with van der Waals surface area (Å²) in [7, 11) is 0. The average Bonchev–Trinajstić information content (AvgIpc) is 2.75. The van der Waals surface area contributed by atoms with Crippen LogP contribution in [0.15, 0.2) is 36.4 Å². The Kier molecular flexibility index (Phi) is 3.75. The zero-order chi connectivity index (χ0) is 15.1. The van der Waals surface area contributed by atoms with E-state index in [1.165, 1.54) is 0 Å². The Labute approximate surface area is 141 Å². The van der Waals surface area contributed by atoms with Crippen molar-refractivity contribution in [3.8, 4) is 11.3 Å². The molecule has 0 spiro atoms. The van der Waals surface area contributed by atoms with Crippen molar-refractivity contribution in [1.29, 1.82) is 0 Å². The minimum Gasteiger partial charge on any atom is -0.294 e. The quantitative estimate of drug-likeness (QED) is 0.450. The summed E-state index contributed by atoms with van der Waals surface area (Å²) in [5.74, 6) is 0.805. The maximum absolute atomic E-state index is 12.1. The second-order valence-corrected chi connectivity index (χ2v) is 6.24. The van der Waals surface area contributed by atoms with E-state index < -0.39 is 0 Å². The standard InChI is InChI=1S/C16H12ClIN2O/c1-9(21)12-8-13(17)15-16(18)19-10(2)20(15)14(12)11-6-4-3-5-7-11/h3-8H,1-2H3. The fraction of sp³-hybridized carbons (Fsp3) is 0.125. The number of carbonyl (C=O) groups is 1. The number of imidazole rings is 1. The summed E-state index contributed by atoms with van der Waals surface area (Å²) >= 11 is 8.53. The summed E-state index contributed by atoms with van der Waals surface area (Å²) in [5, 5.41) is 0.546. The first kappa shape index (κ1) is 14.5. The van der Waals surface area contributed by atoms with Crippen molar-refractivity contribution in [3.05, 3.63) is 56.5 Å². The Hall–Kier alpha value is -1.40. The zero-order valence-corrected chi connectivity index (χ0v) is 14.4. The highest BCUT2D eigenvalue weighted by molar-refractivity contribution is 14.1. The van der Waals surface area contributed by atoms with Crippen LogP contribution >= 0.6 is 34.2 Å². The van der Waals surface area contributed by atoms with E-state index in [2.05, 4.69) is 27.6 Å². The minimum absolute atomic E-state index is 0.0132. The molecule has 1 aromatic carbocycles. The van der Waals surface area contributed by atoms with E-state index in [0.29, 0.717) is 10.6 Å². The van der Waals surface area contributed by atoms with Crippen molar-refractivity contribution in [2.75, 3.05) is 0 Å². The molecule has 0 fully saturated rings. The number of benzene rings is 1. The molecular weight excluding hydrogens is 399 g/mol. The Balaban J connectivity index is 2.53. The number of nitrogens with zero attached hydrogens (tertiary/aromatic N) is 2. The number of halogens is 2. The normalized spacial score (nSPS) is 11.0. The molecule has 0 atom stereocenters. The molecule has 0 saturated carbocycles. The molecule has 2 aromatic heterocycles. The lowest BCUT2D eigenvalue weighted by molar-refractivity contribution is 0.101. The number of aryl methyl sites for hydroxylation is 1. The van der Waals surface area contributed by atoms with E-state index in [9.17, 15) is 4.79 Å². The SMILES string of the molecule is CC(=O)c1cc(Cl)c2c(I)nc(C)n2c1-c1ccccc1. The van der Waals surface area contributed by atoms with E-state index in [1.807, 2.05) is 41.7 Å². The summed E-state index contributed by atoms with van der Waals surface area (Å²) in [6.07, 6.45) is 0. The van der Waals surface area contributed by atoms with Gasteiger partial charge in [-0.15, -0.1) is 0 Å². The molecule has 2 heterocycles. The van der Waals surface area contributed by atoms with Crippen LogP contribution in [0.4, 0.5) is 0 Å². The molecule has 0 aliphatic heterocycles. The van der Waals surface area contributed by atoms with Gasteiger partial charge in [-0.2, -0.15) is 0 Å². The first-order valence-corrected chi connectivity index (χ1v) is 7.89. The van der Waals surface area contributed by atoms with Crippen LogP contribution in [0.3, 0.4) is 0 Å². The number of rotatable bonds is 2. The third kappa shape index (κ3) is 2.36. The number of aromatic nitrogens is 2. The van der Waals surface area contributed by atoms with Gasteiger partial charge >= 0.3 is 0 Å². The molecule has 3 nitrogen and oxygen atoms in total. The van der Waals surface area contributed by atoms with Gasteiger partial charge in [-0.3, -0.25) is 9.20 Å². The molecular formula is C16H12ClIN2O. The van der Waals surface area contributed by atoms with Gasteiger partial charge in [-0.25, -0.2) is 4.98 Å². The van der Waals surface area contributed by atoms with Crippen LogP contribution in [0.5, 0.6) is 0 Å². The summed E-state index contributed by atoms with van der Waals surface area (Å²) in [5.41, 5.74) is 3.27. The molecule has 0 bridgehead atoms. The third-order valence-corrected chi connectivity index (χ3v) is 4.45. The second kappa shape index (κ2) is 5.42. The minimum atomic E-state index is -0.0132. The Morgan fingerprint density at radius 1 is 1.29 bits per heavy atom. The molecule has 0 aliphatic rings. The van der Waals surface area contributed by atoms with E-state index in [0.717, 1.165) is 26.3 Å². The number of hydrogen-bond acceptors (Lipinski definition) is 2. The van der Waals surface area contributed by atoms with E-state index >= 15 is 0 Å². The monoisotopic (exact) mass is 410 g/mol. The molecule has 0 amide bonds. The van der Waals surface area contributed by atoms with Crippen molar-refractivity contribution in [1.82, 2.24) is 9.38 Å². The highest BCUT2D eigenvalue weighted by Crippen LogP contribution is 2.33. The van der Waals surface area contributed by atoms with Crippen LogP contribution in [-0.2, 0) is 0 Å².